The van der Waals surface area contributed by atoms with E-state index in [9.17, 15) is 9.18 Å². The van der Waals surface area contributed by atoms with Crippen molar-refractivity contribution in [1.29, 1.82) is 0 Å². The highest BCUT2D eigenvalue weighted by atomic mass is 35.5. The molecule has 0 aliphatic heterocycles. The van der Waals surface area contributed by atoms with E-state index in [2.05, 4.69) is 20.7 Å². The van der Waals surface area contributed by atoms with E-state index in [1.54, 1.807) is 31.2 Å². The van der Waals surface area contributed by atoms with E-state index in [1.807, 2.05) is 0 Å². The fraction of sp³-hybridized carbons (Fsp3) is 0.0625. The van der Waals surface area contributed by atoms with Crippen LogP contribution in [0.2, 0.25) is 5.02 Å². The van der Waals surface area contributed by atoms with Crippen LogP contribution < -0.4 is 5.43 Å². The highest BCUT2D eigenvalue weighted by molar-refractivity contribution is 6.31. The van der Waals surface area contributed by atoms with Gasteiger partial charge >= 0.3 is 0 Å². The number of aromatic amines is 1. The van der Waals surface area contributed by atoms with Gasteiger partial charge in [0.15, 0.2) is 5.69 Å². The van der Waals surface area contributed by atoms with Crippen molar-refractivity contribution in [3.8, 4) is 11.3 Å². The number of carbonyl (C=O) groups is 1. The van der Waals surface area contributed by atoms with Gasteiger partial charge in [0.25, 0.3) is 5.91 Å². The summed E-state index contributed by atoms with van der Waals surface area (Å²) < 4.78 is 18.7. The molecule has 0 aliphatic rings. The Bertz CT molecular complexity index is 916. The third-order valence-electron chi connectivity index (χ3n) is 3.13. The Hall–Kier alpha value is -2.93. The number of hydrazone groups is 1. The standard InChI is InChI=1S/C16H12ClFN4O2/c1-9-6-14(21-20-9)16(23)22-19-8-11-3-5-15(24-11)10-2-4-13(18)12(17)7-10/h2-8H,1H3,(H,20,21)(H,22,23)/b19-8+. The van der Waals surface area contributed by atoms with Gasteiger partial charge in [-0.25, -0.2) is 9.82 Å². The Morgan fingerprint density at radius 3 is 2.92 bits per heavy atom. The van der Waals surface area contributed by atoms with Crippen LogP contribution >= 0.6 is 11.6 Å². The highest BCUT2D eigenvalue weighted by Crippen LogP contribution is 2.26. The normalized spacial score (nSPS) is 11.1. The molecule has 2 aromatic heterocycles. The van der Waals surface area contributed by atoms with Gasteiger partial charge < -0.3 is 4.42 Å². The first-order valence-electron chi connectivity index (χ1n) is 6.93. The fourth-order valence-electron chi connectivity index (χ4n) is 1.97. The van der Waals surface area contributed by atoms with Crippen molar-refractivity contribution in [2.24, 2.45) is 5.10 Å². The number of hydrogen-bond acceptors (Lipinski definition) is 4. The molecule has 6 nitrogen and oxygen atoms in total. The van der Waals surface area contributed by atoms with Crippen LogP contribution in [0.4, 0.5) is 4.39 Å². The number of halogens is 2. The minimum Gasteiger partial charge on any atom is -0.455 e. The summed E-state index contributed by atoms with van der Waals surface area (Å²) in [6.45, 7) is 1.79. The van der Waals surface area contributed by atoms with Crippen molar-refractivity contribution < 1.29 is 13.6 Å². The van der Waals surface area contributed by atoms with Gasteiger partial charge in [0.05, 0.1) is 11.2 Å². The minimum atomic E-state index is -0.495. The van der Waals surface area contributed by atoms with Crippen LogP contribution in [0.3, 0.4) is 0 Å². The molecule has 2 N–H and O–H groups in total. The largest absolute Gasteiger partial charge is 0.455 e. The van der Waals surface area contributed by atoms with Crippen LogP contribution in [-0.4, -0.2) is 22.3 Å². The minimum absolute atomic E-state index is 0.0145. The number of nitrogens with one attached hydrogen (secondary N) is 2. The summed E-state index contributed by atoms with van der Waals surface area (Å²) in [5.74, 6) is -0.00525. The van der Waals surface area contributed by atoms with Crippen molar-refractivity contribution >= 4 is 23.7 Å². The van der Waals surface area contributed by atoms with Crippen molar-refractivity contribution in [1.82, 2.24) is 15.6 Å². The van der Waals surface area contributed by atoms with E-state index in [4.69, 9.17) is 16.0 Å². The molecular weight excluding hydrogens is 335 g/mol. The van der Waals surface area contributed by atoms with Gasteiger partial charge in [-0.15, -0.1) is 0 Å². The number of H-pyrrole nitrogens is 1. The summed E-state index contributed by atoms with van der Waals surface area (Å²) >= 11 is 5.75. The van der Waals surface area contributed by atoms with Crippen molar-refractivity contribution in [2.75, 3.05) is 0 Å². The molecule has 1 amide bonds. The molecule has 0 saturated heterocycles. The molecule has 24 heavy (non-hydrogen) atoms. The van der Waals surface area contributed by atoms with Crippen LogP contribution in [-0.2, 0) is 0 Å². The second kappa shape index (κ2) is 6.67. The predicted octanol–water partition coefficient (Wildman–Crippen LogP) is 3.53. The first-order chi connectivity index (χ1) is 11.5. The lowest BCUT2D eigenvalue weighted by Gasteiger charge is -1.98. The Kier molecular flexibility index (Phi) is 4.43. The summed E-state index contributed by atoms with van der Waals surface area (Å²) in [7, 11) is 0. The summed E-state index contributed by atoms with van der Waals surface area (Å²) in [6.07, 6.45) is 1.35. The van der Waals surface area contributed by atoms with Crippen molar-refractivity contribution in [2.45, 2.75) is 6.92 Å². The Morgan fingerprint density at radius 2 is 2.21 bits per heavy atom. The number of hydrogen-bond donors (Lipinski definition) is 2. The molecule has 0 radical (unpaired) electrons. The number of benzene rings is 1. The number of amides is 1. The quantitative estimate of drug-likeness (QED) is 0.560. The molecule has 0 aliphatic carbocycles. The average molecular weight is 347 g/mol. The highest BCUT2D eigenvalue weighted by Gasteiger charge is 2.09. The van der Waals surface area contributed by atoms with Crippen LogP contribution in [0.5, 0.6) is 0 Å². The number of furan rings is 1. The lowest BCUT2D eigenvalue weighted by atomic mass is 10.2. The maximum absolute atomic E-state index is 13.2. The molecular formula is C16H12ClFN4O2. The number of nitrogens with zero attached hydrogens (tertiary/aromatic N) is 2. The second-order valence-electron chi connectivity index (χ2n) is 4.97. The lowest BCUT2D eigenvalue weighted by Crippen LogP contribution is -2.17. The predicted molar refractivity (Wildman–Crippen MR) is 87.5 cm³/mol. The zero-order chi connectivity index (χ0) is 17.1. The van der Waals surface area contributed by atoms with E-state index < -0.39 is 11.7 Å². The van der Waals surface area contributed by atoms with Gasteiger partial charge in [0, 0.05) is 11.3 Å². The molecule has 8 heteroatoms. The van der Waals surface area contributed by atoms with Gasteiger partial charge in [-0.1, -0.05) is 11.6 Å². The number of carbonyl (C=O) groups excluding carboxylic acids is 1. The third kappa shape index (κ3) is 3.52. The van der Waals surface area contributed by atoms with E-state index in [-0.39, 0.29) is 10.7 Å². The first-order valence-corrected chi connectivity index (χ1v) is 7.31. The molecule has 0 saturated carbocycles. The molecule has 1 aromatic carbocycles. The third-order valence-corrected chi connectivity index (χ3v) is 3.42. The zero-order valence-corrected chi connectivity index (χ0v) is 13.3. The first kappa shape index (κ1) is 15.9. The number of aryl methyl sites for hydroxylation is 1. The average Bonchev–Trinajstić information content (AvgIpc) is 3.19. The van der Waals surface area contributed by atoms with E-state index in [0.29, 0.717) is 17.1 Å². The van der Waals surface area contributed by atoms with Gasteiger partial charge in [-0.2, -0.15) is 10.2 Å². The van der Waals surface area contributed by atoms with E-state index >= 15 is 0 Å². The molecule has 0 spiro atoms. The van der Waals surface area contributed by atoms with E-state index in [0.717, 1.165) is 5.69 Å². The molecule has 2 heterocycles. The molecule has 0 bridgehead atoms. The monoisotopic (exact) mass is 346 g/mol. The molecule has 0 atom stereocenters. The maximum atomic E-state index is 13.2. The number of aromatic nitrogens is 2. The zero-order valence-electron chi connectivity index (χ0n) is 12.5. The van der Waals surface area contributed by atoms with Gasteiger partial charge in [-0.05, 0) is 43.3 Å². The van der Waals surface area contributed by atoms with Crippen molar-refractivity contribution in [3.63, 3.8) is 0 Å². The Labute approximate surface area is 141 Å². The topological polar surface area (TPSA) is 83.3 Å². The second-order valence-corrected chi connectivity index (χ2v) is 5.37. The Balaban J connectivity index is 1.67. The Morgan fingerprint density at radius 1 is 1.38 bits per heavy atom. The number of rotatable bonds is 4. The van der Waals surface area contributed by atoms with Gasteiger partial charge in [-0.3, -0.25) is 9.89 Å². The summed E-state index contributed by atoms with van der Waals surface area (Å²) in [6, 6.07) is 9.26. The summed E-state index contributed by atoms with van der Waals surface area (Å²) in [4.78, 5) is 11.8. The van der Waals surface area contributed by atoms with Crippen LogP contribution in [0.15, 0.2) is 45.9 Å². The SMILES string of the molecule is Cc1cc(C(=O)N/N=C/c2ccc(-c3ccc(F)c(Cl)c3)o2)n[nH]1. The summed E-state index contributed by atoms with van der Waals surface area (Å²) in [5.41, 5.74) is 4.00. The fourth-order valence-corrected chi connectivity index (χ4v) is 2.15. The van der Waals surface area contributed by atoms with Crippen LogP contribution in [0.1, 0.15) is 21.9 Å². The van der Waals surface area contributed by atoms with Gasteiger partial charge in [0.1, 0.15) is 17.3 Å². The maximum Gasteiger partial charge on any atom is 0.291 e. The molecule has 0 fully saturated rings. The molecule has 3 aromatic rings. The molecule has 3 rings (SSSR count). The van der Waals surface area contributed by atoms with Crippen molar-refractivity contribution in [3.05, 3.63) is 64.4 Å². The lowest BCUT2D eigenvalue weighted by molar-refractivity contribution is 0.0950. The van der Waals surface area contributed by atoms with Gasteiger partial charge in [0.2, 0.25) is 0 Å². The van der Waals surface area contributed by atoms with E-state index in [1.165, 1.54) is 18.3 Å². The van der Waals surface area contributed by atoms with Crippen LogP contribution in [0, 0.1) is 12.7 Å². The summed E-state index contributed by atoms with van der Waals surface area (Å²) in [5, 5.41) is 10.3. The van der Waals surface area contributed by atoms with Crippen LogP contribution in [0.25, 0.3) is 11.3 Å². The molecule has 0 unspecified atom stereocenters. The molecule has 122 valence electrons. The smallest absolute Gasteiger partial charge is 0.291 e.